The Bertz CT molecular complexity index is 691. The topological polar surface area (TPSA) is 48.5 Å². The first-order valence-electron chi connectivity index (χ1n) is 15.4. The highest BCUT2D eigenvalue weighted by molar-refractivity contribution is 14.1. The number of alkyl halides is 1. The van der Waals surface area contributed by atoms with Gasteiger partial charge in [-0.2, -0.15) is 0 Å². The van der Waals surface area contributed by atoms with Crippen LogP contribution in [0.15, 0.2) is 18.3 Å². The molecule has 0 saturated carbocycles. The zero-order valence-corrected chi connectivity index (χ0v) is 26.2. The van der Waals surface area contributed by atoms with Crippen LogP contribution in [-0.4, -0.2) is 59.0 Å². The number of carbonyl (C=O) groups is 1. The zero-order chi connectivity index (χ0) is 26.6. The Balaban J connectivity index is 1.42. The molecule has 6 heteroatoms. The minimum Gasteiger partial charge on any atom is -0.354 e. The summed E-state index contributed by atoms with van der Waals surface area (Å²) in [7, 11) is 0. The molecule has 1 aliphatic heterocycles. The number of nitrogens with one attached hydrogen (secondary N) is 1. The lowest BCUT2D eigenvalue weighted by atomic mass is 10.0. The molecule has 0 spiro atoms. The van der Waals surface area contributed by atoms with Gasteiger partial charge >= 0.3 is 0 Å². The molecule has 212 valence electrons. The third-order valence-electron chi connectivity index (χ3n) is 7.96. The van der Waals surface area contributed by atoms with Gasteiger partial charge in [-0.05, 0) is 42.7 Å². The number of hydrogen-bond donors (Lipinski definition) is 1. The fourth-order valence-corrected chi connectivity index (χ4v) is 5.72. The van der Waals surface area contributed by atoms with Crippen molar-refractivity contribution in [3.05, 3.63) is 23.9 Å². The van der Waals surface area contributed by atoms with Crippen molar-refractivity contribution < 1.29 is 4.79 Å². The third kappa shape index (κ3) is 14.2. The van der Waals surface area contributed by atoms with Crippen molar-refractivity contribution in [2.45, 2.75) is 123 Å². The van der Waals surface area contributed by atoms with Crippen molar-refractivity contribution in [1.82, 2.24) is 15.2 Å². The minimum absolute atomic E-state index is 0.00118. The van der Waals surface area contributed by atoms with Gasteiger partial charge in [0, 0.05) is 45.0 Å². The predicted octanol–water partition coefficient (Wildman–Crippen LogP) is 8.02. The first-order valence-corrected chi connectivity index (χ1v) is 17.0. The molecule has 5 nitrogen and oxygen atoms in total. The van der Waals surface area contributed by atoms with Crippen molar-refractivity contribution in [2.75, 3.05) is 42.1 Å². The highest BCUT2D eigenvalue weighted by Gasteiger charge is 2.21. The molecule has 0 aliphatic carbocycles. The molecule has 1 aromatic heterocycles. The van der Waals surface area contributed by atoms with Gasteiger partial charge in [0.1, 0.15) is 5.82 Å². The lowest BCUT2D eigenvalue weighted by molar-refractivity contribution is 0.0952. The van der Waals surface area contributed by atoms with Crippen LogP contribution < -0.4 is 10.2 Å². The summed E-state index contributed by atoms with van der Waals surface area (Å²) in [5, 5.41) is 3.07. The van der Waals surface area contributed by atoms with Gasteiger partial charge in [0.05, 0.1) is 5.56 Å². The summed E-state index contributed by atoms with van der Waals surface area (Å²) in [6.07, 6.45) is 23.4. The molecular weight excluding hydrogens is 571 g/mol. The van der Waals surface area contributed by atoms with Crippen molar-refractivity contribution in [3.8, 4) is 0 Å². The number of piperazine rings is 1. The van der Waals surface area contributed by atoms with Gasteiger partial charge in [-0.15, -0.1) is 0 Å². The normalized spacial score (nSPS) is 15.2. The number of aromatic nitrogens is 1. The number of amides is 1. The van der Waals surface area contributed by atoms with E-state index in [-0.39, 0.29) is 5.91 Å². The van der Waals surface area contributed by atoms with E-state index in [2.05, 4.69) is 56.5 Å². The van der Waals surface area contributed by atoms with E-state index in [1.807, 2.05) is 12.1 Å². The fraction of sp³-hybridized carbons (Fsp3) is 0.806. The van der Waals surface area contributed by atoms with E-state index in [4.69, 9.17) is 0 Å². The van der Waals surface area contributed by atoms with Gasteiger partial charge in [-0.3, -0.25) is 9.69 Å². The van der Waals surface area contributed by atoms with Crippen LogP contribution in [0.2, 0.25) is 0 Å². The number of rotatable bonds is 21. The van der Waals surface area contributed by atoms with Crippen LogP contribution in [0.5, 0.6) is 0 Å². The summed E-state index contributed by atoms with van der Waals surface area (Å²) in [6, 6.07) is 4.57. The molecule has 0 bridgehead atoms. The van der Waals surface area contributed by atoms with E-state index in [9.17, 15) is 4.79 Å². The standard InChI is InChI=1S/C31H55IN4O/c1-3-28(2)35-23-25-36(26-24-35)30-20-19-29(27-34-30)31(37)33-22-18-16-14-12-10-8-6-4-5-7-9-11-13-15-17-21-32/h19-20,27-28H,3-18,21-26H2,1-2H3,(H,33,37). The quantitative estimate of drug-likeness (QED) is 0.0853. The van der Waals surface area contributed by atoms with Gasteiger partial charge < -0.3 is 10.2 Å². The molecule has 37 heavy (non-hydrogen) atoms. The molecule has 0 radical (unpaired) electrons. The van der Waals surface area contributed by atoms with E-state index < -0.39 is 0 Å². The molecule has 1 atom stereocenters. The van der Waals surface area contributed by atoms with Crippen LogP contribution in [0.1, 0.15) is 127 Å². The lowest BCUT2D eigenvalue weighted by Crippen LogP contribution is -2.49. The number of unbranched alkanes of at least 4 members (excludes halogenated alkanes) is 14. The van der Waals surface area contributed by atoms with E-state index in [1.54, 1.807) is 6.20 Å². The molecule has 1 amide bonds. The van der Waals surface area contributed by atoms with Crippen molar-refractivity contribution >= 4 is 34.3 Å². The number of carbonyl (C=O) groups excluding carboxylic acids is 1. The number of halogens is 1. The van der Waals surface area contributed by atoms with E-state index in [0.717, 1.165) is 45.0 Å². The summed E-state index contributed by atoms with van der Waals surface area (Å²) in [4.78, 5) is 21.9. The van der Waals surface area contributed by atoms with Crippen LogP contribution in [0, 0.1) is 0 Å². The molecule has 2 heterocycles. The van der Waals surface area contributed by atoms with E-state index in [1.165, 1.54) is 101 Å². The van der Waals surface area contributed by atoms with Crippen LogP contribution in [0.25, 0.3) is 0 Å². The number of nitrogens with zero attached hydrogens (tertiary/aromatic N) is 3. The Hall–Kier alpha value is -0.890. The summed E-state index contributed by atoms with van der Waals surface area (Å²) < 4.78 is 1.32. The van der Waals surface area contributed by atoms with Gasteiger partial charge in [-0.25, -0.2) is 4.98 Å². The van der Waals surface area contributed by atoms with Gasteiger partial charge in [0.25, 0.3) is 5.91 Å². The molecule has 2 rings (SSSR count). The summed E-state index contributed by atoms with van der Waals surface area (Å²) >= 11 is 2.48. The average Bonchev–Trinajstić information content (AvgIpc) is 2.94. The Morgan fingerprint density at radius 2 is 1.35 bits per heavy atom. The summed E-state index contributed by atoms with van der Waals surface area (Å²) in [5.74, 6) is 0.985. The van der Waals surface area contributed by atoms with E-state index in [0.29, 0.717) is 11.6 Å². The monoisotopic (exact) mass is 626 g/mol. The maximum Gasteiger partial charge on any atom is 0.252 e. The second-order valence-electron chi connectivity index (χ2n) is 10.9. The number of hydrogen-bond acceptors (Lipinski definition) is 4. The largest absolute Gasteiger partial charge is 0.354 e. The Morgan fingerprint density at radius 3 is 1.81 bits per heavy atom. The lowest BCUT2D eigenvalue weighted by Gasteiger charge is -2.38. The molecule has 0 aromatic carbocycles. The number of anilines is 1. The zero-order valence-electron chi connectivity index (χ0n) is 24.0. The maximum absolute atomic E-state index is 12.5. The number of pyridine rings is 1. The SMILES string of the molecule is CCC(C)N1CCN(c2ccc(C(=O)NCCCCCCCCCCCCCCCCCI)cn2)CC1. The fourth-order valence-electron chi connectivity index (χ4n) is 5.18. The van der Waals surface area contributed by atoms with Crippen LogP contribution >= 0.6 is 22.6 Å². The Kier molecular flexibility index (Phi) is 18.3. The molecule has 1 aliphatic rings. The highest BCUT2D eigenvalue weighted by atomic mass is 127. The first kappa shape index (κ1) is 32.3. The molecule has 1 fully saturated rings. The van der Waals surface area contributed by atoms with Gasteiger partial charge in [0.15, 0.2) is 0 Å². The van der Waals surface area contributed by atoms with Crippen LogP contribution in [0.4, 0.5) is 5.82 Å². The molecule has 1 unspecified atom stereocenters. The third-order valence-corrected chi connectivity index (χ3v) is 8.72. The van der Waals surface area contributed by atoms with Crippen molar-refractivity contribution in [1.29, 1.82) is 0 Å². The second kappa shape index (κ2) is 21.0. The molecule has 1 aromatic rings. The maximum atomic E-state index is 12.5. The predicted molar refractivity (Wildman–Crippen MR) is 168 cm³/mol. The van der Waals surface area contributed by atoms with Crippen molar-refractivity contribution in [2.24, 2.45) is 0 Å². The summed E-state index contributed by atoms with van der Waals surface area (Å²) in [6.45, 7) is 9.49. The Labute approximate surface area is 242 Å². The van der Waals surface area contributed by atoms with E-state index >= 15 is 0 Å². The highest BCUT2D eigenvalue weighted by Crippen LogP contribution is 2.17. The van der Waals surface area contributed by atoms with Gasteiger partial charge in [0.2, 0.25) is 0 Å². The minimum atomic E-state index is 0.00118. The van der Waals surface area contributed by atoms with Crippen LogP contribution in [0.3, 0.4) is 0 Å². The second-order valence-corrected chi connectivity index (χ2v) is 12.0. The molecule has 1 saturated heterocycles. The van der Waals surface area contributed by atoms with Crippen molar-refractivity contribution in [3.63, 3.8) is 0 Å². The molecule has 1 N–H and O–H groups in total. The summed E-state index contributed by atoms with van der Waals surface area (Å²) in [5.41, 5.74) is 0.665. The molecular formula is C31H55IN4O. The van der Waals surface area contributed by atoms with Crippen LogP contribution in [-0.2, 0) is 0 Å². The smallest absolute Gasteiger partial charge is 0.252 e. The first-order chi connectivity index (χ1) is 18.2. The Morgan fingerprint density at radius 1 is 0.838 bits per heavy atom. The average molecular weight is 627 g/mol. The van der Waals surface area contributed by atoms with Gasteiger partial charge in [-0.1, -0.05) is 113 Å².